The predicted molar refractivity (Wildman–Crippen MR) is 78.0 cm³/mol. The number of rotatable bonds is 9. The minimum atomic E-state index is -0.928. The Balaban J connectivity index is 2.33. The lowest BCUT2D eigenvalue weighted by atomic mass is 9.94. The molecule has 1 amide bonds. The molecule has 0 saturated carbocycles. The van der Waals surface area contributed by atoms with Crippen LogP contribution in [0.4, 0.5) is 0 Å². The number of carbonyl (C=O) groups excluding carboxylic acids is 1. The molecule has 6 heteroatoms. The number of hydrogen-bond donors (Lipinski definition) is 2. The highest BCUT2D eigenvalue weighted by Crippen LogP contribution is 2.22. The van der Waals surface area contributed by atoms with E-state index < -0.39 is 11.5 Å². The molecule has 2 unspecified atom stereocenters. The zero-order chi connectivity index (χ0) is 15.9. The predicted octanol–water partition coefficient (Wildman–Crippen LogP) is 1.58. The highest BCUT2D eigenvalue weighted by atomic mass is 16.5. The van der Waals surface area contributed by atoms with Gasteiger partial charge in [0.2, 0.25) is 5.91 Å². The van der Waals surface area contributed by atoms with Crippen LogP contribution in [0.15, 0.2) is 0 Å². The first-order chi connectivity index (χ1) is 9.83. The second-order valence-electron chi connectivity index (χ2n) is 6.26. The van der Waals surface area contributed by atoms with Gasteiger partial charge in [0.1, 0.15) is 0 Å². The van der Waals surface area contributed by atoms with Crippen molar-refractivity contribution >= 4 is 11.9 Å². The van der Waals surface area contributed by atoms with Crippen LogP contribution >= 0.6 is 0 Å². The quantitative estimate of drug-likeness (QED) is 0.675. The van der Waals surface area contributed by atoms with Gasteiger partial charge >= 0.3 is 5.97 Å². The molecular formula is C15H27NO5. The summed E-state index contributed by atoms with van der Waals surface area (Å²) in [5.74, 6) is -0.551. The van der Waals surface area contributed by atoms with Crippen LogP contribution in [0.2, 0.25) is 0 Å². The van der Waals surface area contributed by atoms with E-state index in [9.17, 15) is 9.59 Å². The highest BCUT2D eigenvalue weighted by Gasteiger charge is 2.38. The maximum Gasteiger partial charge on any atom is 0.305 e. The summed E-state index contributed by atoms with van der Waals surface area (Å²) < 4.78 is 10.8. The van der Waals surface area contributed by atoms with Crippen molar-refractivity contribution < 1.29 is 24.2 Å². The highest BCUT2D eigenvalue weighted by molar-refractivity contribution is 5.78. The van der Waals surface area contributed by atoms with Crippen molar-refractivity contribution in [3.05, 3.63) is 0 Å². The van der Waals surface area contributed by atoms with E-state index in [4.69, 9.17) is 14.6 Å². The van der Waals surface area contributed by atoms with Gasteiger partial charge in [-0.2, -0.15) is 0 Å². The van der Waals surface area contributed by atoms with E-state index in [-0.39, 0.29) is 31.5 Å². The van der Waals surface area contributed by atoms with Crippen molar-refractivity contribution in [3.63, 3.8) is 0 Å². The molecule has 2 N–H and O–H groups in total. The molecule has 1 fully saturated rings. The Kier molecular flexibility index (Phi) is 7.11. The topological polar surface area (TPSA) is 84.9 Å². The average Bonchev–Trinajstić information content (AvgIpc) is 2.74. The normalized spacial score (nSPS) is 23.2. The number of hydrogen-bond acceptors (Lipinski definition) is 4. The molecular weight excluding hydrogens is 274 g/mol. The molecule has 6 nitrogen and oxygen atoms in total. The van der Waals surface area contributed by atoms with E-state index in [0.717, 1.165) is 6.42 Å². The summed E-state index contributed by atoms with van der Waals surface area (Å²) in [6, 6.07) is 0. The lowest BCUT2D eigenvalue weighted by Gasteiger charge is -2.27. The van der Waals surface area contributed by atoms with Crippen molar-refractivity contribution in [2.45, 2.75) is 58.1 Å². The van der Waals surface area contributed by atoms with E-state index in [1.165, 1.54) is 0 Å². The van der Waals surface area contributed by atoms with Crippen LogP contribution in [0.3, 0.4) is 0 Å². The Morgan fingerprint density at radius 1 is 1.38 bits per heavy atom. The molecule has 2 atom stereocenters. The number of carboxylic acid groups (broad SMARTS) is 1. The first kappa shape index (κ1) is 17.9. The van der Waals surface area contributed by atoms with Crippen LogP contribution in [-0.2, 0) is 19.1 Å². The molecule has 122 valence electrons. The average molecular weight is 301 g/mol. The van der Waals surface area contributed by atoms with Gasteiger partial charge in [0.15, 0.2) is 0 Å². The lowest BCUT2D eigenvalue weighted by molar-refractivity contribution is -0.139. The molecule has 0 spiro atoms. The maximum atomic E-state index is 11.9. The molecule has 1 rings (SSSR count). The molecule has 0 aliphatic carbocycles. The number of amides is 1. The Labute approximate surface area is 126 Å². The summed E-state index contributed by atoms with van der Waals surface area (Å²) >= 11 is 0. The summed E-state index contributed by atoms with van der Waals surface area (Å²) in [6.45, 7) is 7.34. The van der Waals surface area contributed by atoms with Gasteiger partial charge in [0.25, 0.3) is 0 Å². The Morgan fingerprint density at radius 2 is 2.10 bits per heavy atom. The summed E-state index contributed by atoms with van der Waals surface area (Å²) in [6.07, 6.45) is 1.75. The number of carboxylic acids is 1. The minimum absolute atomic E-state index is 0.108. The molecule has 0 bridgehead atoms. The third kappa shape index (κ3) is 6.91. The van der Waals surface area contributed by atoms with Gasteiger partial charge in [0.05, 0.1) is 31.3 Å². The summed E-state index contributed by atoms with van der Waals surface area (Å²) in [5, 5.41) is 11.8. The first-order valence-corrected chi connectivity index (χ1v) is 7.55. The fourth-order valence-electron chi connectivity index (χ4n) is 2.62. The number of ether oxygens (including phenoxy) is 2. The standard InChI is InChI=1S/C15H27NO5/c1-11(2)8-12(3)21-6-4-13(17)16-15(9-14(18)19)5-7-20-10-15/h11-12H,4-10H2,1-3H3,(H,16,17)(H,18,19). The monoisotopic (exact) mass is 301 g/mol. The van der Waals surface area contributed by atoms with Gasteiger partial charge in [0, 0.05) is 13.0 Å². The van der Waals surface area contributed by atoms with Crippen molar-refractivity contribution in [1.29, 1.82) is 0 Å². The van der Waals surface area contributed by atoms with Crippen molar-refractivity contribution in [2.24, 2.45) is 5.92 Å². The van der Waals surface area contributed by atoms with E-state index in [1.54, 1.807) is 0 Å². The van der Waals surface area contributed by atoms with Gasteiger partial charge in [-0.05, 0) is 25.7 Å². The number of nitrogens with one attached hydrogen (secondary N) is 1. The van der Waals surface area contributed by atoms with E-state index >= 15 is 0 Å². The Bertz CT molecular complexity index is 350. The van der Waals surface area contributed by atoms with Gasteiger partial charge < -0.3 is 19.9 Å². The Hall–Kier alpha value is -1.14. The zero-order valence-corrected chi connectivity index (χ0v) is 13.2. The third-order valence-corrected chi connectivity index (χ3v) is 3.53. The van der Waals surface area contributed by atoms with Crippen LogP contribution in [0.5, 0.6) is 0 Å². The molecule has 0 aromatic rings. The van der Waals surface area contributed by atoms with Crippen molar-refractivity contribution in [1.82, 2.24) is 5.32 Å². The molecule has 0 radical (unpaired) electrons. The lowest BCUT2D eigenvalue weighted by Crippen LogP contribution is -2.50. The van der Waals surface area contributed by atoms with Gasteiger partial charge in [-0.3, -0.25) is 9.59 Å². The zero-order valence-electron chi connectivity index (χ0n) is 13.2. The second kappa shape index (κ2) is 8.34. The third-order valence-electron chi connectivity index (χ3n) is 3.53. The second-order valence-corrected chi connectivity index (χ2v) is 6.26. The molecule has 0 aromatic carbocycles. The van der Waals surface area contributed by atoms with Crippen LogP contribution in [0.1, 0.15) is 46.5 Å². The first-order valence-electron chi connectivity index (χ1n) is 7.55. The molecule has 21 heavy (non-hydrogen) atoms. The minimum Gasteiger partial charge on any atom is -0.481 e. The van der Waals surface area contributed by atoms with Gasteiger partial charge in [-0.15, -0.1) is 0 Å². The van der Waals surface area contributed by atoms with E-state index in [2.05, 4.69) is 19.2 Å². The van der Waals surface area contributed by atoms with Gasteiger partial charge in [-0.1, -0.05) is 13.8 Å². The van der Waals surface area contributed by atoms with E-state index in [1.807, 2.05) is 6.92 Å². The van der Waals surface area contributed by atoms with Crippen LogP contribution in [0.25, 0.3) is 0 Å². The molecule has 1 aliphatic rings. The fraction of sp³-hybridized carbons (Fsp3) is 0.867. The number of aliphatic carboxylic acids is 1. The SMILES string of the molecule is CC(C)CC(C)OCCC(=O)NC1(CC(=O)O)CCOC1. The fourth-order valence-corrected chi connectivity index (χ4v) is 2.62. The molecule has 0 aromatic heterocycles. The maximum absolute atomic E-state index is 11.9. The van der Waals surface area contributed by atoms with E-state index in [0.29, 0.717) is 25.6 Å². The van der Waals surface area contributed by atoms with Crippen LogP contribution in [-0.4, -0.2) is 48.4 Å². The molecule has 1 aliphatic heterocycles. The van der Waals surface area contributed by atoms with Gasteiger partial charge in [-0.25, -0.2) is 0 Å². The number of carbonyl (C=O) groups is 2. The summed E-state index contributed by atoms with van der Waals surface area (Å²) in [5.41, 5.74) is -0.757. The molecule has 1 saturated heterocycles. The largest absolute Gasteiger partial charge is 0.481 e. The molecule has 1 heterocycles. The van der Waals surface area contributed by atoms with Crippen LogP contribution < -0.4 is 5.32 Å². The van der Waals surface area contributed by atoms with Crippen LogP contribution in [0, 0.1) is 5.92 Å². The van der Waals surface area contributed by atoms with Crippen molar-refractivity contribution in [3.8, 4) is 0 Å². The summed E-state index contributed by atoms with van der Waals surface area (Å²) in [7, 11) is 0. The summed E-state index contributed by atoms with van der Waals surface area (Å²) in [4.78, 5) is 22.9. The smallest absolute Gasteiger partial charge is 0.305 e. The van der Waals surface area contributed by atoms with Crippen molar-refractivity contribution in [2.75, 3.05) is 19.8 Å². The Morgan fingerprint density at radius 3 is 2.62 bits per heavy atom.